The van der Waals surface area contributed by atoms with E-state index in [1.165, 1.54) is 43.1 Å². The Balaban J connectivity index is 2.19. The molecule has 0 unspecified atom stereocenters. The molecule has 0 N–H and O–H groups in total. The first-order valence-corrected chi connectivity index (χ1v) is 9.99. The molecule has 4 rings (SSSR count). The van der Waals surface area contributed by atoms with Gasteiger partial charge in [0.2, 0.25) is 0 Å². The lowest BCUT2D eigenvalue weighted by Gasteiger charge is -2.17. The van der Waals surface area contributed by atoms with E-state index in [9.17, 15) is 18.8 Å². The van der Waals surface area contributed by atoms with Crippen molar-refractivity contribution in [3.63, 3.8) is 0 Å². The summed E-state index contributed by atoms with van der Waals surface area (Å²) in [5.41, 5.74) is -0.757. The van der Waals surface area contributed by atoms with Crippen LogP contribution in [0.2, 0.25) is 0 Å². The fourth-order valence-corrected chi connectivity index (χ4v) is 3.70. The molecule has 168 valence electrons. The summed E-state index contributed by atoms with van der Waals surface area (Å²) in [5.74, 6) is -0.979. The van der Waals surface area contributed by atoms with Gasteiger partial charge in [-0.2, -0.15) is 0 Å². The third-order valence-corrected chi connectivity index (χ3v) is 5.24. The van der Waals surface area contributed by atoms with Gasteiger partial charge in [0.15, 0.2) is 5.65 Å². The van der Waals surface area contributed by atoms with Gasteiger partial charge >= 0.3 is 11.7 Å². The Kier molecular flexibility index (Phi) is 5.78. The van der Waals surface area contributed by atoms with Crippen molar-refractivity contribution in [2.24, 2.45) is 0 Å². The maximum Gasteiger partial charge on any atom is 0.338 e. The predicted molar refractivity (Wildman–Crippen MR) is 120 cm³/mol. The summed E-state index contributed by atoms with van der Waals surface area (Å²) in [6.45, 7) is 1.29. The number of halogens is 1. The number of nitrogens with zero attached hydrogens (tertiary/aromatic N) is 3. The number of aryl methyl sites for hydroxylation is 1. The van der Waals surface area contributed by atoms with Crippen molar-refractivity contribution >= 4 is 17.0 Å². The number of ether oxygens (including phenoxy) is 2. The molecular weight excluding hydrogens is 429 g/mol. The Morgan fingerprint density at radius 1 is 1.06 bits per heavy atom. The maximum atomic E-state index is 14.4. The molecule has 0 saturated heterocycles. The Bertz CT molecular complexity index is 1510. The molecule has 0 saturated carbocycles. The molecule has 0 amide bonds. The number of carbonyl (C=O) groups is 1. The van der Waals surface area contributed by atoms with Crippen molar-refractivity contribution in [1.82, 2.24) is 14.1 Å². The van der Waals surface area contributed by atoms with Crippen molar-refractivity contribution in [3.05, 3.63) is 98.1 Å². The molecule has 2 aromatic heterocycles. The average molecular weight is 449 g/mol. The Hall–Kier alpha value is -4.27. The third kappa shape index (κ3) is 3.78. The summed E-state index contributed by atoms with van der Waals surface area (Å²) in [4.78, 5) is 44.1. The molecule has 0 radical (unpaired) electrons. The third-order valence-electron chi connectivity index (χ3n) is 5.24. The van der Waals surface area contributed by atoms with Crippen LogP contribution in [0.5, 0.6) is 5.75 Å². The molecule has 0 fully saturated rings. The second-order valence-corrected chi connectivity index (χ2v) is 7.27. The van der Waals surface area contributed by atoms with Crippen LogP contribution in [0.25, 0.3) is 16.7 Å². The van der Waals surface area contributed by atoms with Gasteiger partial charge in [-0.1, -0.05) is 30.3 Å². The smallest absolute Gasteiger partial charge is 0.338 e. The van der Waals surface area contributed by atoms with Crippen molar-refractivity contribution in [3.8, 4) is 11.4 Å². The van der Waals surface area contributed by atoms with E-state index in [1.54, 1.807) is 37.3 Å². The summed E-state index contributed by atoms with van der Waals surface area (Å²) in [5, 5.41) is -0.116. The van der Waals surface area contributed by atoms with Crippen molar-refractivity contribution < 1.29 is 18.7 Å². The van der Waals surface area contributed by atoms with Crippen LogP contribution < -0.4 is 16.0 Å². The number of hydrogen-bond donors (Lipinski definition) is 0. The molecule has 9 heteroatoms. The van der Waals surface area contributed by atoms with Crippen LogP contribution in [0, 0.1) is 12.7 Å². The number of aromatic nitrogens is 3. The molecule has 0 aliphatic rings. The van der Waals surface area contributed by atoms with Crippen LogP contribution in [0.1, 0.15) is 21.6 Å². The SMILES string of the molecule is COC(=O)c1cc(C)nc2c1c(=O)n(Cc1ccccc1F)c(=O)n2-c1ccccc1OC. The highest BCUT2D eigenvalue weighted by molar-refractivity contribution is 6.02. The monoisotopic (exact) mass is 449 g/mol. The first-order chi connectivity index (χ1) is 15.9. The van der Waals surface area contributed by atoms with Crippen LogP contribution >= 0.6 is 0 Å². The molecule has 4 aromatic rings. The lowest BCUT2D eigenvalue weighted by molar-refractivity contribution is 0.0602. The van der Waals surface area contributed by atoms with Crippen LogP contribution in [0.4, 0.5) is 4.39 Å². The topological polar surface area (TPSA) is 92.4 Å². The minimum Gasteiger partial charge on any atom is -0.495 e. The lowest BCUT2D eigenvalue weighted by atomic mass is 10.1. The molecule has 33 heavy (non-hydrogen) atoms. The fraction of sp³-hybridized carbons (Fsp3) is 0.167. The van der Waals surface area contributed by atoms with E-state index in [0.717, 1.165) is 4.57 Å². The number of para-hydroxylation sites is 2. The van der Waals surface area contributed by atoms with E-state index in [-0.39, 0.29) is 28.7 Å². The largest absolute Gasteiger partial charge is 0.495 e. The van der Waals surface area contributed by atoms with Gasteiger partial charge in [0.25, 0.3) is 5.56 Å². The summed E-state index contributed by atoms with van der Waals surface area (Å²) in [6, 6.07) is 13.9. The van der Waals surface area contributed by atoms with Crippen molar-refractivity contribution in [2.45, 2.75) is 13.5 Å². The lowest BCUT2D eigenvalue weighted by Crippen LogP contribution is -2.41. The van der Waals surface area contributed by atoms with Crippen LogP contribution in [0.15, 0.2) is 64.2 Å². The zero-order valence-corrected chi connectivity index (χ0v) is 18.2. The highest BCUT2D eigenvalue weighted by atomic mass is 19.1. The van der Waals surface area contributed by atoms with Crippen LogP contribution in [-0.4, -0.2) is 34.3 Å². The van der Waals surface area contributed by atoms with Gasteiger partial charge in [0.05, 0.1) is 37.4 Å². The number of rotatable bonds is 5. The number of fused-ring (bicyclic) bond motifs is 1. The van der Waals surface area contributed by atoms with Gasteiger partial charge in [-0.15, -0.1) is 0 Å². The Labute approximate surface area is 187 Å². The van der Waals surface area contributed by atoms with E-state index >= 15 is 0 Å². The summed E-state index contributed by atoms with van der Waals surface area (Å²) in [7, 11) is 2.64. The van der Waals surface area contributed by atoms with E-state index in [1.807, 2.05) is 0 Å². The molecule has 0 spiro atoms. The highest BCUT2D eigenvalue weighted by Gasteiger charge is 2.24. The summed E-state index contributed by atoms with van der Waals surface area (Å²) in [6.07, 6.45) is 0. The van der Waals surface area contributed by atoms with E-state index in [4.69, 9.17) is 9.47 Å². The minimum absolute atomic E-state index is 0.0281. The Morgan fingerprint density at radius 3 is 2.45 bits per heavy atom. The zero-order chi connectivity index (χ0) is 23.7. The summed E-state index contributed by atoms with van der Waals surface area (Å²) >= 11 is 0. The molecule has 2 heterocycles. The van der Waals surface area contributed by atoms with Crippen molar-refractivity contribution in [2.75, 3.05) is 14.2 Å². The first-order valence-electron chi connectivity index (χ1n) is 9.99. The number of benzene rings is 2. The molecule has 2 aromatic carbocycles. The van der Waals surface area contributed by atoms with Gasteiger partial charge < -0.3 is 9.47 Å². The highest BCUT2D eigenvalue weighted by Crippen LogP contribution is 2.25. The van der Waals surface area contributed by atoms with Gasteiger partial charge in [-0.3, -0.25) is 9.36 Å². The number of methoxy groups -OCH3 is 2. The molecule has 0 atom stereocenters. The van der Waals surface area contributed by atoms with Gasteiger partial charge in [-0.05, 0) is 31.2 Å². The molecule has 0 aliphatic heterocycles. The summed E-state index contributed by atoms with van der Waals surface area (Å²) < 4.78 is 26.7. The average Bonchev–Trinajstić information content (AvgIpc) is 2.82. The van der Waals surface area contributed by atoms with Crippen LogP contribution in [0.3, 0.4) is 0 Å². The Morgan fingerprint density at radius 2 is 1.76 bits per heavy atom. The molecule has 8 nitrogen and oxygen atoms in total. The van der Waals surface area contributed by atoms with Crippen molar-refractivity contribution in [1.29, 1.82) is 0 Å². The van der Waals surface area contributed by atoms with Gasteiger partial charge in [-0.25, -0.2) is 23.5 Å². The number of hydrogen-bond acceptors (Lipinski definition) is 6. The van der Waals surface area contributed by atoms with E-state index in [0.29, 0.717) is 17.1 Å². The second-order valence-electron chi connectivity index (χ2n) is 7.27. The van der Waals surface area contributed by atoms with Crippen LogP contribution in [-0.2, 0) is 11.3 Å². The quantitative estimate of drug-likeness (QED) is 0.435. The predicted octanol–water partition coefficient (Wildman–Crippen LogP) is 2.84. The maximum absolute atomic E-state index is 14.4. The number of pyridine rings is 1. The second kappa shape index (κ2) is 8.70. The van der Waals surface area contributed by atoms with E-state index < -0.39 is 23.0 Å². The molecular formula is C24H20FN3O5. The zero-order valence-electron chi connectivity index (χ0n) is 18.2. The fourth-order valence-electron chi connectivity index (χ4n) is 3.70. The number of esters is 1. The van der Waals surface area contributed by atoms with Gasteiger partial charge in [0, 0.05) is 11.3 Å². The van der Waals surface area contributed by atoms with Gasteiger partial charge in [0.1, 0.15) is 11.6 Å². The standard InChI is InChI=1S/C24H20FN3O5/c1-14-12-16(23(30)33-3)20-21(26-14)28(18-10-6-7-11-19(18)32-2)24(31)27(22(20)29)13-15-8-4-5-9-17(15)25/h4-12H,13H2,1-3H3. The normalized spacial score (nSPS) is 10.9. The minimum atomic E-state index is -0.780. The number of carbonyl (C=O) groups excluding carboxylic acids is 1. The molecule has 0 bridgehead atoms. The molecule has 0 aliphatic carbocycles. The first kappa shape index (κ1) is 21.9. The van der Waals surface area contributed by atoms with E-state index in [2.05, 4.69) is 4.98 Å².